The molecule has 0 aromatic rings. The van der Waals surface area contributed by atoms with E-state index in [0.717, 1.165) is 12.8 Å². The molecule has 2 rings (SSSR count). The van der Waals surface area contributed by atoms with Gasteiger partial charge in [0.1, 0.15) is 0 Å². The molecule has 4 atom stereocenters. The summed E-state index contributed by atoms with van der Waals surface area (Å²) in [6, 6.07) is 0. The minimum atomic E-state index is 0.00356. The fourth-order valence-electron chi connectivity index (χ4n) is 1.95. The summed E-state index contributed by atoms with van der Waals surface area (Å²) in [4.78, 5) is 12.1. The minimum absolute atomic E-state index is 0.00356. The Morgan fingerprint density at radius 3 is 2.67 bits per heavy atom. The van der Waals surface area contributed by atoms with Crippen molar-refractivity contribution >= 4 is 37.8 Å². The van der Waals surface area contributed by atoms with Crippen LogP contribution in [0.25, 0.3) is 0 Å². The number of esters is 1. The SMILES string of the molecule is O=C1OC[C@H]2C[C@H](Br)[C@@H](Br)C[C@@H]12. The molecule has 2 aliphatic rings. The first-order valence-electron chi connectivity index (χ1n) is 4.13. The zero-order valence-electron chi connectivity index (χ0n) is 6.50. The van der Waals surface area contributed by atoms with Gasteiger partial charge in [-0.3, -0.25) is 4.79 Å². The number of cyclic esters (lactones) is 1. The molecule has 68 valence electrons. The molecule has 0 bridgehead atoms. The Hall–Kier alpha value is 0.430. The quantitative estimate of drug-likeness (QED) is 0.506. The monoisotopic (exact) mass is 296 g/mol. The van der Waals surface area contributed by atoms with Gasteiger partial charge < -0.3 is 4.74 Å². The molecule has 1 heterocycles. The van der Waals surface area contributed by atoms with Gasteiger partial charge in [0.25, 0.3) is 0 Å². The van der Waals surface area contributed by atoms with Crippen LogP contribution in [0.1, 0.15) is 12.8 Å². The van der Waals surface area contributed by atoms with Crippen molar-refractivity contribution in [3.63, 3.8) is 0 Å². The van der Waals surface area contributed by atoms with E-state index in [0.29, 0.717) is 22.2 Å². The van der Waals surface area contributed by atoms with E-state index >= 15 is 0 Å². The molecule has 1 aliphatic heterocycles. The van der Waals surface area contributed by atoms with Crippen molar-refractivity contribution in [3.8, 4) is 0 Å². The van der Waals surface area contributed by atoms with Gasteiger partial charge in [-0.25, -0.2) is 0 Å². The predicted molar refractivity (Wildman–Crippen MR) is 52.6 cm³/mol. The largest absolute Gasteiger partial charge is 0.465 e. The van der Waals surface area contributed by atoms with E-state index in [-0.39, 0.29) is 11.9 Å². The second kappa shape index (κ2) is 3.29. The van der Waals surface area contributed by atoms with Gasteiger partial charge in [0, 0.05) is 15.6 Å². The van der Waals surface area contributed by atoms with E-state index in [1.165, 1.54) is 0 Å². The van der Waals surface area contributed by atoms with E-state index < -0.39 is 0 Å². The molecule has 12 heavy (non-hydrogen) atoms. The van der Waals surface area contributed by atoms with Gasteiger partial charge in [0.15, 0.2) is 0 Å². The third-order valence-electron chi connectivity index (χ3n) is 2.71. The summed E-state index contributed by atoms with van der Waals surface area (Å²) in [7, 11) is 0. The molecule has 1 aliphatic carbocycles. The lowest BCUT2D eigenvalue weighted by atomic mass is 9.81. The number of alkyl halides is 2. The zero-order valence-corrected chi connectivity index (χ0v) is 9.68. The van der Waals surface area contributed by atoms with Gasteiger partial charge >= 0.3 is 5.97 Å². The Morgan fingerprint density at radius 2 is 1.92 bits per heavy atom. The Labute approximate surface area is 88.3 Å². The van der Waals surface area contributed by atoms with Gasteiger partial charge in [0.2, 0.25) is 0 Å². The Kier molecular flexibility index (Phi) is 2.47. The third-order valence-corrected chi connectivity index (χ3v) is 5.44. The molecule has 0 unspecified atom stereocenters. The second-order valence-electron chi connectivity index (χ2n) is 3.50. The van der Waals surface area contributed by atoms with Crippen LogP contribution in [0.15, 0.2) is 0 Å². The molecule has 2 fully saturated rings. The molecule has 1 saturated heterocycles. The van der Waals surface area contributed by atoms with Crippen LogP contribution in [0.3, 0.4) is 0 Å². The van der Waals surface area contributed by atoms with E-state index in [9.17, 15) is 4.79 Å². The Bertz CT molecular complexity index is 207. The van der Waals surface area contributed by atoms with E-state index in [1.54, 1.807) is 0 Å². The highest BCUT2D eigenvalue weighted by Crippen LogP contribution is 2.41. The van der Waals surface area contributed by atoms with Gasteiger partial charge in [-0.15, -0.1) is 0 Å². The summed E-state index contributed by atoms with van der Waals surface area (Å²) in [6.45, 7) is 0.630. The number of carbonyl (C=O) groups is 1. The molecular formula is C8H10Br2O2. The molecule has 2 nitrogen and oxygen atoms in total. The van der Waals surface area contributed by atoms with Gasteiger partial charge in [-0.05, 0) is 12.8 Å². The maximum Gasteiger partial charge on any atom is 0.309 e. The number of hydrogen-bond donors (Lipinski definition) is 0. The van der Waals surface area contributed by atoms with Crippen LogP contribution in [0.5, 0.6) is 0 Å². The number of hydrogen-bond acceptors (Lipinski definition) is 2. The summed E-state index contributed by atoms with van der Waals surface area (Å²) in [6.07, 6.45) is 1.96. The normalized spacial score (nSPS) is 47.0. The molecule has 4 heteroatoms. The highest BCUT2D eigenvalue weighted by Gasteiger charge is 2.43. The first-order valence-corrected chi connectivity index (χ1v) is 5.96. The van der Waals surface area contributed by atoms with Gasteiger partial charge in [-0.2, -0.15) is 0 Å². The molecule has 0 aromatic heterocycles. The molecule has 0 amide bonds. The van der Waals surface area contributed by atoms with Crippen molar-refractivity contribution in [3.05, 3.63) is 0 Å². The van der Waals surface area contributed by atoms with E-state index in [4.69, 9.17) is 4.74 Å². The van der Waals surface area contributed by atoms with E-state index in [2.05, 4.69) is 31.9 Å². The third kappa shape index (κ3) is 1.43. The first kappa shape index (κ1) is 9.00. The van der Waals surface area contributed by atoms with Crippen LogP contribution in [-0.4, -0.2) is 22.2 Å². The Morgan fingerprint density at radius 1 is 1.25 bits per heavy atom. The standard InChI is InChI=1S/C8H10Br2O2/c9-6-1-4-3-12-8(11)5(4)2-7(6)10/h4-7H,1-3H2/t4-,5-,6+,7+/m1/s1. The van der Waals surface area contributed by atoms with Crippen molar-refractivity contribution in [2.45, 2.75) is 22.5 Å². The maximum atomic E-state index is 11.2. The first-order chi connectivity index (χ1) is 5.68. The number of fused-ring (bicyclic) bond motifs is 1. The molecule has 0 spiro atoms. The fourth-order valence-corrected chi connectivity index (χ4v) is 3.27. The summed E-state index contributed by atoms with van der Waals surface area (Å²) < 4.78 is 5.02. The average Bonchev–Trinajstić information content (AvgIpc) is 2.35. The molecule has 0 radical (unpaired) electrons. The number of ether oxygens (including phenoxy) is 1. The van der Waals surface area contributed by atoms with E-state index in [1.807, 2.05) is 0 Å². The smallest absolute Gasteiger partial charge is 0.309 e. The average molecular weight is 298 g/mol. The summed E-state index contributed by atoms with van der Waals surface area (Å²) in [5.74, 6) is 0.614. The topological polar surface area (TPSA) is 26.3 Å². The summed E-state index contributed by atoms with van der Waals surface area (Å²) in [5, 5.41) is 0. The van der Waals surface area contributed by atoms with Crippen molar-refractivity contribution in [1.29, 1.82) is 0 Å². The van der Waals surface area contributed by atoms with Crippen LogP contribution in [0, 0.1) is 11.8 Å². The highest BCUT2D eigenvalue weighted by atomic mass is 79.9. The zero-order chi connectivity index (χ0) is 8.72. The van der Waals surface area contributed by atoms with Gasteiger partial charge in [0.05, 0.1) is 12.5 Å². The van der Waals surface area contributed by atoms with Crippen LogP contribution in [0.4, 0.5) is 0 Å². The summed E-state index contributed by atoms with van der Waals surface area (Å²) >= 11 is 7.16. The lowest BCUT2D eigenvalue weighted by molar-refractivity contribution is -0.141. The molecular weight excluding hydrogens is 288 g/mol. The number of halogens is 2. The highest BCUT2D eigenvalue weighted by molar-refractivity contribution is 9.12. The van der Waals surface area contributed by atoms with Crippen molar-refractivity contribution in [2.75, 3.05) is 6.61 Å². The fraction of sp³-hybridized carbons (Fsp3) is 0.875. The number of carbonyl (C=O) groups excluding carboxylic acids is 1. The van der Waals surface area contributed by atoms with Crippen LogP contribution in [0.2, 0.25) is 0 Å². The van der Waals surface area contributed by atoms with Crippen molar-refractivity contribution in [1.82, 2.24) is 0 Å². The van der Waals surface area contributed by atoms with Crippen LogP contribution >= 0.6 is 31.9 Å². The molecule has 0 aromatic carbocycles. The molecule has 0 N–H and O–H groups in total. The van der Waals surface area contributed by atoms with Gasteiger partial charge in [-0.1, -0.05) is 31.9 Å². The summed E-state index contributed by atoms with van der Waals surface area (Å²) in [5.41, 5.74) is 0. The van der Waals surface area contributed by atoms with Crippen molar-refractivity contribution < 1.29 is 9.53 Å². The molecule has 1 saturated carbocycles. The lowest BCUT2D eigenvalue weighted by Gasteiger charge is -2.29. The maximum absolute atomic E-state index is 11.2. The van der Waals surface area contributed by atoms with Crippen LogP contribution < -0.4 is 0 Å². The Balaban J connectivity index is 2.09. The number of rotatable bonds is 0. The minimum Gasteiger partial charge on any atom is -0.465 e. The second-order valence-corrected chi connectivity index (χ2v) is 5.85. The predicted octanol–water partition coefficient (Wildman–Crippen LogP) is 2.10. The van der Waals surface area contributed by atoms with Crippen LogP contribution in [-0.2, 0) is 9.53 Å². The lowest BCUT2D eigenvalue weighted by Crippen LogP contribution is -2.33. The van der Waals surface area contributed by atoms with Crippen molar-refractivity contribution in [2.24, 2.45) is 11.8 Å².